The van der Waals surface area contributed by atoms with Gasteiger partial charge in [0, 0.05) is 12.8 Å². The summed E-state index contributed by atoms with van der Waals surface area (Å²) < 4.78 is 22.3. The second-order valence-electron chi connectivity index (χ2n) is 6.76. The lowest BCUT2D eigenvalue weighted by atomic mass is 9.65. The Morgan fingerprint density at radius 2 is 1.92 bits per heavy atom. The summed E-state index contributed by atoms with van der Waals surface area (Å²) in [5.74, 6) is -0.315. The van der Waals surface area contributed by atoms with Gasteiger partial charge in [-0.25, -0.2) is 8.42 Å². The SMILES string of the molecule is CS(=O)(=O)CCC(N)C(=O)NCC1(Cc2ccccc2)CCC1.Cl. The summed E-state index contributed by atoms with van der Waals surface area (Å²) in [6.45, 7) is 0.604. The molecule has 1 unspecified atom stereocenters. The van der Waals surface area contributed by atoms with E-state index in [1.165, 1.54) is 12.0 Å². The van der Waals surface area contributed by atoms with Crippen LogP contribution in [0.25, 0.3) is 0 Å². The van der Waals surface area contributed by atoms with Crippen molar-refractivity contribution in [2.45, 2.75) is 38.1 Å². The average molecular weight is 375 g/mol. The first kappa shape index (κ1) is 20.9. The molecule has 0 aliphatic heterocycles. The molecule has 0 spiro atoms. The Bertz CT molecular complexity index is 630. The maximum Gasteiger partial charge on any atom is 0.236 e. The fraction of sp³-hybridized carbons (Fsp3) is 0.588. The number of benzene rings is 1. The Kier molecular flexibility index (Phi) is 7.70. The van der Waals surface area contributed by atoms with E-state index in [9.17, 15) is 13.2 Å². The van der Waals surface area contributed by atoms with Gasteiger partial charge in [-0.3, -0.25) is 4.79 Å². The van der Waals surface area contributed by atoms with Gasteiger partial charge in [-0.15, -0.1) is 12.4 Å². The number of halogens is 1. The van der Waals surface area contributed by atoms with Gasteiger partial charge >= 0.3 is 0 Å². The van der Waals surface area contributed by atoms with E-state index in [1.54, 1.807) is 0 Å². The number of carbonyl (C=O) groups excluding carboxylic acids is 1. The molecule has 1 fully saturated rings. The van der Waals surface area contributed by atoms with Gasteiger partial charge < -0.3 is 11.1 Å². The Morgan fingerprint density at radius 3 is 2.42 bits per heavy atom. The first-order valence-corrected chi connectivity index (χ1v) is 10.1. The molecule has 24 heavy (non-hydrogen) atoms. The molecule has 7 heteroatoms. The van der Waals surface area contributed by atoms with Gasteiger partial charge in [0.1, 0.15) is 9.84 Å². The van der Waals surface area contributed by atoms with E-state index < -0.39 is 15.9 Å². The Hall–Kier alpha value is -1.11. The monoisotopic (exact) mass is 374 g/mol. The highest BCUT2D eigenvalue weighted by molar-refractivity contribution is 7.90. The average Bonchev–Trinajstić information content (AvgIpc) is 2.47. The minimum absolute atomic E-state index is 0. The van der Waals surface area contributed by atoms with Crippen LogP contribution in [0, 0.1) is 5.41 Å². The fourth-order valence-corrected chi connectivity index (χ4v) is 3.68. The summed E-state index contributed by atoms with van der Waals surface area (Å²) in [4.78, 5) is 12.1. The standard InChI is InChI=1S/C17H26N2O3S.ClH/c1-23(21,22)11-8-15(18)16(20)19-13-17(9-5-10-17)12-14-6-3-2-4-7-14;/h2-4,6-7,15H,5,8-13,18H2,1H3,(H,19,20);1H. The normalized spacial score (nSPS) is 17.2. The van der Waals surface area contributed by atoms with E-state index in [1.807, 2.05) is 18.2 Å². The minimum Gasteiger partial charge on any atom is -0.354 e. The largest absolute Gasteiger partial charge is 0.354 e. The summed E-state index contributed by atoms with van der Waals surface area (Å²) in [6, 6.07) is 9.51. The number of sulfone groups is 1. The molecule has 2 rings (SSSR count). The minimum atomic E-state index is -3.09. The van der Waals surface area contributed by atoms with Crippen molar-refractivity contribution in [2.24, 2.45) is 11.1 Å². The van der Waals surface area contributed by atoms with Crippen LogP contribution < -0.4 is 11.1 Å². The number of nitrogens with one attached hydrogen (secondary N) is 1. The van der Waals surface area contributed by atoms with Crippen LogP contribution in [0.5, 0.6) is 0 Å². The molecule has 0 saturated heterocycles. The van der Waals surface area contributed by atoms with Crippen molar-refractivity contribution in [2.75, 3.05) is 18.6 Å². The van der Waals surface area contributed by atoms with Crippen molar-refractivity contribution in [3.05, 3.63) is 35.9 Å². The van der Waals surface area contributed by atoms with Crippen LogP contribution in [0.1, 0.15) is 31.2 Å². The van der Waals surface area contributed by atoms with Gasteiger partial charge in [-0.1, -0.05) is 36.8 Å². The van der Waals surface area contributed by atoms with Crippen LogP contribution in [0.2, 0.25) is 0 Å². The number of hydrogen-bond donors (Lipinski definition) is 2. The molecule has 1 aliphatic rings. The molecule has 1 saturated carbocycles. The van der Waals surface area contributed by atoms with Gasteiger partial charge in [0.25, 0.3) is 0 Å². The van der Waals surface area contributed by atoms with Gasteiger partial charge in [0.05, 0.1) is 11.8 Å². The lowest BCUT2D eigenvalue weighted by molar-refractivity contribution is -0.123. The second-order valence-corrected chi connectivity index (χ2v) is 9.02. The molecule has 0 aromatic heterocycles. The smallest absolute Gasteiger partial charge is 0.236 e. The van der Waals surface area contributed by atoms with E-state index in [0.29, 0.717) is 6.54 Å². The van der Waals surface area contributed by atoms with Crippen molar-refractivity contribution in [1.82, 2.24) is 5.32 Å². The van der Waals surface area contributed by atoms with Crippen LogP contribution >= 0.6 is 12.4 Å². The van der Waals surface area contributed by atoms with Crippen LogP contribution in [0.4, 0.5) is 0 Å². The second kappa shape index (κ2) is 8.83. The van der Waals surface area contributed by atoms with Crippen molar-refractivity contribution in [3.8, 4) is 0 Å². The van der Waals surface area contributed by atoms with E-state index in [0.717, 1.165) is 25.5 Å². The fourth-order valence-electron chi connectivity index (χ4n) is 3.00. The molecular formula is C17H27ClN2O3S. The Morgan fingerprint density at radius 1 is 1.29 bits per heavy atom. The van der Waals surface area contributed by atoms with Crippen molar-refractivity contribution >= 4 is 28.2 Å². The third-order valence-electron chi connectivity index (χ3n) is 4.61. The Balaban J connectivity index is 0.00000288. The van der Waals surface area contributed by atoms with Crippen molar-refractivity contribution < 1.29 is 13.2 Å². The molecule has 1 aliphatic carbocycles. The lowest BCUT2D eigenvalue weighted by Crippen LogP contribution is -2.48. The molecule has 1 atom stereocenters. The molecular weight excluding hydrogens is 348 g/mol. The summed E-state index contributed by atoms with van der Waals surface area (Å²) >= 11 is 0. The van der Waals surface area contributed by atoms with Crippen molar-refractivity contribution in [3.63, 3.8) is 0 Å². The molecule has 0 heterocycles. The molecule has 3 N–H and O–H groups in total. The Labute approximate surface area is 150 Å². The van der Waals surface area contributed by atoms with Crippen LogP contribution in [-0.2, 0) is 21.1 Å². The quantitative estimate of drug-likeness (QED) is 0.724. The van der Waals surface area contributed by atoms with Crippen molar-refractivity contribution in [1.29, 1.82) is 0 Å². The molecule has 136 valence electrons. The number of nitrogens with two attached hydrogens (primary N) is 1. The van der Waals surface area contributed by atoms with Crippen LogP contribution in [0.3, 0.4) is 0 Å². The zero-order valence-electron chi connectivity index (χ0n) is 14.0. The molecule has 0 radical (unpaired) electrons. The van der Waals surface area contributed by atoms with Gasteiger partial charge in [-0.05, 0) is 36.7 Å². The number of amides is 1. The van der Waals surface area contributed by atoms with E-state index >= 15 is 0 Å². The molecule has 1 amide bonds. The first-order valence-electron chi connectivity index (χ1n) is 8.05. The predicted molar refractivity (Wildman–Crippen MR) is 99.0 cm³/mol. The summed E-state index contributed by atoms with van der Waals surface area (Å²) in [6.07, 6.45) is 5.65. The van der Waals surface area contributed by atoms with E-state index in [2.05, 4.69) is 17.4 Å². The number of hydrogen-bond acceptors (Lipinski definition) is 4. The highest BCUT2D eigenvalue weighted by atomic mass is 35.5. The van der Waals surface area contributed by atoms with E-state index in [-0.39, 0.29) is 35.9 Å². The third-order valence-corrected chi connectivity index (χ3v) is 5.59. The first-order chi connectivity index (χ1) is 10.8. The number of carbonyl (C=O) groups is 1. The lowest BCUT2D eigenvalue weighted by Gasteiger charge is -2.42. The topological polar surface area (TPSA) is 89.3 Å². The summed E-state index contributed by atoms with van der Waals surface area (Å²) in [7, 11) is -3.09. The number of rotatable bonds is 8. The predicted octanol–water partition coefficient (Wildman–Crippen LogP) is 1.70. The van der Waals surface area contributed by atoms with Gasteiger partial charge in [0.2, 0.25) is 5.91 Å². The summed E-state index contributed by atoms with van der Waals surface area (Å²) in [5.41, 5.74) is 7.19. The zero-order valence-corrected chi connectivity index (χ0v) is 15.7. The maximum absolute atomic E-state index is 12.1. The van der Waals surface area contributed by atoms with Gasteiger partial charge in [-0.2, -0.15) is 0 Å². The highest BCUT2D eigenvalue weighted by Crippen LogP contribution is 2.43. The third kappa shape index (κ3) is 6.42. The van der Waals surface area contributed by atoms with E-state index in [4.69, 9.17) is 5.73 Å². The van der Waals surface area contributed by atoms with Crippen LogP contribution in [-0.4, -0.2) is 38.9 Å². The van der Waals surface area contributed by atoms with Gasteiger partial charge in [0.15, 0.2) is 0 Å². The summed E-state index contributed by atoms with van der Waals surface area (Å²) in [5, 5.41) is 2.92. The molecule has 5 nitrogen and oxygen atoms in total. The maximum atomic E-state index is 12.1. The molecule has 1 aromatic rings. The van der Waals surface area contributed by atoms with Crippen LogP contribution in [0.15, 0.2) is 30.3 Å². The highest BCUT2D eigenvalue weighted by Gasteiger charge is 2.37. The zero-order chi connectivity index (χ0) is 16.9. The molecule has 0 bridgehead atoms. The molecule has 1 aromatic carbocycles.